The smallest absolute Gasteiger partial charge is 0.397 e. The molecule has 0 aromatic carbocycles. The van der Waals surface area contributed by atoms with Crippen molar-refractivity contribution >= 4 is 26.8 Å². The number of carboxylic acid groups (broad SMARTS) is 1. The molecule has 9 N–H and O–H groups in total. The Labute approximate surface area is 231 Å². The van der Waals surface area contributed by atoms with Crippen LogP contribution in [0, 0.1) is 0 Å². The molecular formula is C18H30O21S2. The van der Waals surface area contributed by atoms with E-state index in [1.54, 1.807) is 0 Å². The third-order valence-corrected chi connectivity index (χ3v) is 7.31. The lowest BCUT2D eigenvalue weighted by atomic mass is 9.96. The van der Waals surface area contributed by atoms with Gasteiger partial charge in [0.1, 0.15) is 54.9 Å². The van der Waals surface area contributed by atoms with Gasteiger partial charge >= 0.3 is 26.8 Å². The van der Waals surface area contributed by atoms with Crippen molar-refractivity contribution in [2.45, 2.75) is 106 Å². The maximum absolute atomic E-state index is 11.6. The molecule has 0 spiro atoms. The van der Waals surface area contributed by atoms with Gasteiger partial charge < -0.3 is 59.4 Å². The van der Waals surface area contributed by atoms with Gasteiger partial charge in [-0.1, -0.05) is 0 Å². The summed E-state index contributed by atoms with van der Waals surface area (Å²) in [7, 11) is -10.5. The van der Waals surface area contributed by atoms with Crippen molar-refractivity contribution in [1.29, 1.82) is 0 Å². The predicted molar refractivity (Wildman–Crippen MR) is 120 cm³/mol. The van der Waals surface area contributed by atoms with Crippen molar-refractivity contribution in [1.82, 2.24) is 0 Å². The lowest BCUT2D eigenvalue weighted by molar-refractivity contribution is -0.379. The van der Waals surface area contributed by atoms with Crippen LogP contribution in [-0.4, -0.2) is 160 Å². The topological polar surface area (TPSA) is 332 Å². The Bertz CT molecular complexity index is 1130. The van der Waals surface area contributed by atoms with Crippen LogP contribution in [0.2, 0.25) is 0 Å². The molecule has 3 fully saturated rings. The van der Waals surface area contributed by atoms with Crippen LogP contribution in [0.5, 0.6) is 0 Å². The Morgan fingerprint density at radius 2 is 1.07 bits per heavy atom. The maximum Gasteiger partial charge on any atom is 0.397 e. The van der Waals surface area contributed by atoms with Gasteiger partial charge in [-0.2, -0.15) is 16.8 Å². The Hall–Kier alpha value is -1.23. The van der Waals surface area contributed by atoms with Gasteiger partial charge in [-0.3, -0.25) is 9.11 Å². The number of carboxylic acids is 1. The van der Waals surface area contributed by atoms with E-state index in [0.29, 0.717) is 0 Å². The van der Waals surface area contributed by atoms with Crippen LogP contribution >= 0.6 is 0 Å². The second-order valence-corrected chi connectivity index (χ2v) is 11.4. The molecule has 3 saturated heterocycles. The quantitative estimate of drug-likeness (QED) is 0.105. The molecule has 3 rings (SSSR count). The number of aliphatic carboxylic acids is 1. The predicted octanol–water partition coefficient (Wildman–Crippen LogP) is -5.77. The molecule has 240 valence electrons. The molecular weight excluding hydrogens is 616 g/mol. The zero-order valence-corrected chi connectivity index (χ0v) is 22.5. The highest BCUT2D eigenvalue weighted by molar-refractivity contribution is 7.81. The Balaban J connectivity index is 1.94. The normalized spacial score (nSPS) is 46.2. The van der Waals surface area contributed by atoms with Crippen LogP contribution in [0.4, 0.5) is 0 Å². The second kappa shape index (κ2) is 12.8. The van der Waals surface area contributed by atoms with Gasteiger partial charge in [0.05, 0.1) is 12.2 Å². The van der Waals surface area contributed by atoms with Crippen molar-refractivity contribution in [3.05, 3.63) is 0 Å². The van der Waals surface area contributed by atoms with E-state index in [1.807, 2.05) is 0 Å². The molecule has 3 aliphatic rings. The van der Waals surface area contributed by atoms with Gasteiger partial charge in [-0.25, -0.2) is 13.2 Å². The Morgan fingerprint density at radius 3 is 1.61 bits per heavy atom. The van der Waals surface area contributed by atoms with Crippen LogP contribution in [0.15, 0.2) is 0 Å². The largest absolute Gasteiger partial charge is 0.479 e. The summed E-state index contributed by atoms with van der Waals surface area (Å²) >= 11 is 0. The summed E-state index contributed by atoms with van der Waals surface area (Å²) in [6.45, 7) is 2.25. The van der Waals surface area contributed by atoms with Crippen molar-refractivity contribution in [3.63, 3.8) is 0 Å². The SMILES string of the molecule is C[C@@H]1O[C@@H](O[C@@H]2[C@H](OS(=O)(=O)O)[C@H](C)O[C@@H](O)[C@H]2O[C@H]2O[C@H](C(=O)O)[C@@H](O)[C@H](O)[C@H]2O)[C@@H](O)[C@H](O)[C@@H]1OS(=O)(=O)O. The standard InChI is InChI=1S/C18H30O21S2/c1-3-10(38-40(27,28)29)7(21)9(23)17(34-3)36-13-11(39-41(30,31)32)4(2)33-16(26)14(13)37-18-8(22)5(19)6(20)12(35-18)15(24)25/h3-14,16-23,26H,1-2H3,(H,24,25)(H,27,28,29)(H,30,31,32)/t3-,4-,5-,6-,7-,8+,9-,10+,11+,12-,13+,14-,16+,17-,18+/m0/s1. The molecule has 3 aliphatic heterocycles. The molecule has 23 heteroatoms. The molecule has 21 nitrogen and oxygen atoms in total. The first-order valence-corrected chi connectivity index (χ1v) is 14.3. The van der Waals surface area contributed by atoms with E-state index in [2.05, 4.69) is 8.37 Å². The van der Waals surface area contributed by atoms with Crippen molar-refractivity contribution in [2.24, 2.45) is 0 Å². The van der Waals surface area contributed by atoms with E-state index >= 15 is 0 Å². The van der Waals surface area contributed by atoms with Crippen LogP contribution in [0.1, 0.15) is 13.8 Å². The fourth-order valence-corrected chi connectivity index (χ4v) is 5.53. The first-order valence-electron chi connectivity index (χ1n) is 11.6. The fourth-order valence-electron chi connectivity index (χ4n) is 4.43. The van der Waals surface area contributed by atoms with E-state index < -0.39 is 119 Å². The molecule has 15 atom stereocenters. The minimum absolute atomic E-state index is 1.12. The van der Waals surface area contributed by atoms with Crippen molar-refractivity contribution in [3.8, 4) is 0 Å². The third kappa shape index (κ3) is 8.03. The van der Waals surface area contributed by atoms with Gasteiger partial charge in [0, 0.05) is 0 Å². The van der Waals surface area contributed by atoms with Crippen LogP contribution < -0.4 is 0 Å². The van der Waals surface area contributed by atoms with E-state index in [0.717, 1.165) is 13.8 Å². The summed E-state index contributed by atoms with van der Waals surface area (Å²) in [6.07, 6.45) is -30.2. The number of hydrogen-bond donors (Lipinski definition) is 9. The van der Waals surface area contributed by atoms with E-state index in [1.165, 1.54) is 0 Å². The number of aliphatic hydroxyl groups excluding tert-OH is 6. The van der Waals surface area contributed by atoms with Gasteiger partial charge in [0.25, 0.3) is 0 Å². The Morgan fingerprint density at radius 1 is 0.610 bits per heavy atom. The summed E-state index contributed by atoms with van der Waals surface area (Å²) in [5, 5.41) is 71.0. The summed E-state index contributed by atoms with van der Waals surface area (Å²) < 4.78 is 98.8. The van der Waals surface area contributed by atoms with E-state index in [9.17, 15) is 61.9 Å². The van der Waals surface area contributed by atoms with Crippen molar-refractivity contribution in [2.75, 3.05) is 0 Å². The zero-order chi connectivity index (χ0) is 31.2. The molecule has 0 bridgehead atoms. The molecule has 41 heavy (non-hydrogen) atoms. The van der Waals surface area contributed by atoms with E-state index in [-0.39, 0.29) is 0 Å². The van der Waals surface area contributed by atoms with Crippen LogP contribution in [0.3, 0.4) is 0 Å². The maximum atomic E-state index is 11.6. The molecule has 0 unspecified atom stereocenters. The monoisotopic (exact) mass is 646 g/mol. The molecule has 0 aliphatic carbocycles. The number of rotatable bonds is 9. The number of hydrogen-bond acceptors (Lipinski definition) is 18. The lowest BCUT2D eigenvalue weighted by Crippen LogP contribution is -2.66. The highest BCUT2D eigenvalue weighted by Crippen LogP contribution is 2.34. The highest BCUT2D eigenvalue weighted by Gasteiger charge is 2.55. The van der Waals surface area contributed by atoms with Gasteiger partial charge in [-0.05, 0) is 13.8 Å². The van der Waals surface area contributed by atoms with Crippen molar-refractivity contribution < 1.29 is 98.5 Å². The lowest BCUT2D eigenvalue weighted by Gasteiger charge is -2.48. The third-order valence-electron chi connectivity index (χ3n) is 6.38. The van der Waals surface area contributed by atoms with E-state index in [4.69, 9.17) is 28.2 Å². The highest BCUT2D eigenvalue weighted by atomic mass is 32.3. The average Bonchev–Trinajstić information content (AvgIpc) is 2.83. The summed E-state index contributed by atoms with van der Waals surface area (Å²) in [5.41, 5.74) is 0. The number of ether oxygens (including phenoxy) is 5. The van der Waals surface area contributed by atoms with Gasteiger partial charge in [0.2, 0.25) is 0 Å². The first-order chi connectivity index (χ1) is 18.7. The zero-order valence-electron chi connectivity index (χ0n) is 20.9. The first kappa shape index (κ1) is 34.3. The number of carbonyl (C=O) groups is 1. The summed E-state index contributed by atoms with van der Waals surface area (Å²) in [4.78, 5) is 11.4. The number of aliphatic hydroxyl groups is 6. The molecule has 0 radical (unpaired) electrons. The average molecular weight is 647 g/mol. The van der Waals surface area contributed by atoms with Crippen LogP contribution in [0.25, 0.3) is 0 Å². The minimum atomic E-state index is -5.31. The molecule has 0 saturated carbocycles. The van der Waals surface area contributed by atoms with Gasteiger partial charge in [-0.15, -0.1) is 0 Å². The summed E-state index contributed by atoms with van der Waals surface area (Å²) in [5.74, 6) is -1.80. The van der Waals surface area contributed by atoms with Gasteiger partial charge in [0.15, 0.2) is 25.0 Å². The molecule has 0 amide bonds. The molecule has 0 aromatic rings. The summed E-state index contributed by atoms with van der Waals surface area (Å²) in [6, 6.07) is 0. The molecule has 0 aromatic heterocycles. The molecule has 3 heterocycles. The minimum Gasteiger partial charge on any atom is -0.479 e. The second-order valence-electron chi connectivity index (χ2n) is 9.34. The Kier molecular flexibility index (Phi) is 10.7. The fraction of sp³-hybridized carbons (Fsp3) is 0.944. The van der Waals surface area contributed by atoms with Crippen LogP contribution in [-0.2, 0) is 57.6 Å².